The van der Waals surface area contributed by atoms with Crippen LogP contribution in [0.2, 0.25) is 5.02 Å². The maximum Gasteiger partial charge on any atom is 0.339 e. The van der Waals surface area contributed by atoms with Crippen molar-refractivity contribution in [2.75, 3.05) is 12.3 Å². The topological polar surface area (TPSA) is 72.5 Å². The van der Waals surface area contributed by atoms with Gasteiger partial charge < -0.3 is 15.6 Å². The van der Waals surface area contributed by atoms with Gasteiger partial charge in [-0.2, -0.15) is 0 Å². The molecule has 1 atom stereocenters. The summed E-state index contributed by atoms with van der Waals surface area (Å²) in [6, 6.07) is 4.55. The molecule has 0 radical (unpaired) electrons. The summed E-state index contributed by atoms with van der Waals surface area (Å²) in [5.41, 5.74) is 6.14. The van der Waals surface area contributed by atoms with Gasteiger partial charge in [-0.1, -0.05) is 11.6 Å². The highest BCUT2D eigenvalue weighted by molar-refractivity contribution is 6.33. The maximum atomic E-state index is 11.4. The van der Waals surface area contributed by atoms with Crippen LogP contribution in [0.1, 0.15) is 17.3 Å². The summed E-state index contributed by atoms with van der Waals surface area (Å²) in [5, 5.41) is 9.21. The average Bonchev–Trinajstić information content (AvgIpc) is 2.18. The van der Waals surface area contributed by atoms with Crippen molar-refractivity contribution < 1.29 is 14.6 Å². The number of carbonyl (C=O) groups excluding carboxylic acids is 1. The molecule has 0 aliphatic carbocycles. The van der Waals surface area contributed by atoms with Crippen molar-refractivity contribution in [2.45, 2.75) is 13.0 Å². The molecule has 0 aromatic heterocycles. The molecule has 0 amide bonds. The number of halogens is 1. The molecule has 0 saturated heterocycles. The zero-order valence-electron chi connectivity index (χ0n) is 8.24. The normalized spacial score (nSPS) is 12.2. The van der Waals surface area contributed by atoms with Crippen LogP contribution in [-0.4, -0.2) is 23.8 Å². The van der Waals surface area contributed by atoms with E-state index in [1.54, 1.807) is 6.07 Å². The van der Waals surface area contributed by atoms with E-state index in [2.05, 4.69) is 0 Å². The Morgan fingerprint density at radius 1 is 1.67 bits per heavy atom. The van der Waals surface area contributed by atoms with E-state index in [9.17, 15) is 4.79 Å². The predicted octanol–water partition coefficient (Wildman–Crippen LogP) is 1.46. The lowest BCUT2D eigenvalue weighted by molar-refractivity contribution is 0.0296. The lowest BCUT2D eigenvalue weighted by atomic mass is 10.2. The highest BCUT2D eigenvalue weighted by Crippen LogP contribution is 2.19. The number of hydrogen-bond acceptors (Lipinski definition) is 4. The molecule has 15 heavy (non-hydrogen) atoms. The van der Waals surface area contributed by atoms with Gasteiger partial charge in [0.15, 0.2) is 0 Å². The molecule has 0 saturated carbocycles. The molecule has 0 aliphatic rings. The summed E-state index contributed by atoms with van der Waals surface area (Å²) in [7, 11) is 0. The van der Waals surface area contributed by atoms with E-state index in [4.69, 9.17) is 27.2 Å². The molecule has 1 aromatic rings. The van der Waals surface area contributed by atoms with Crippen LogP contribution in [0.4, 0.5) is 5.69 Å². The number of aliphatic hydroxyl groups excluding tert-OH is 1. The van der Waals surface area contributed by atoms with E-state index >= 15 is 0 Å². The third-order valence-corrected chi connectivity index (χ3v) is 2.00. The summed E-state index contributed by atoms with van der Waals surface area (Å²) in [5.74, 6) is -0.590. The van der Waals surface area contributed by atoms with Crippen molar-refractivity contribution in [3.8, 4) is 0 Å². The minimum absolute atomic E-state index is 0.0655. The fraction of sp³-hybridized carbons (Fsp3) is 0.300. The number of aliphatic hydroxyl groups is 1. The maximum absolute atomic E-state index is 11.4. The molecule has 0 heterocycles. The van der Waals surface area contributed by atoms with Crippen molar-refractivity contribution in [1.29, 1.82) is 0 Å². The number of nitrogens with two attached hydrogens (primary N) is 1. The van der Waals surface area contributed by atoms with Gasteiger partial charge in [0, 0.05) is 5.69 Å². The molecular formula is C10H12ClNO3. The molecule has 0 fully saturated rings. The zero-order valence-corrected chi connectivity index (χ0v) is 8.99. The Morgan fingerprint density at radius 3 is 2.93 bits per heavy atom. The van der Waals surface area contributed by atoms with Crippen LogP contribution in [0.3, 0.4) is 0 Å². The Kier molecular flexibility index (Phi) is 3.94. The summed E-state index contributed by atoms with van der Waals surface area (Å²) in [6.45, 7) is 1.46. The molecular weight excluding hydrogens is 218 g/mol. The SMILES string of the molecule is CC(O)COC(=O)c1cc(N)ccc1Cl. The fourth-order valence-electron chi connectivity index (χ4n) is 0.973. The molecule has 82 valence electrons. The molecule has 1 aromatic carbocycles. The van der Waals surface area contributed by atoms with Gasteiger partial charge >= 0.3 is 5.97 Å². The number of nitrogen functional groups attached to an aromatic ring is 1. The molecule has 1 rings (SSSR count). The first-order chi connectivity index (χ1) is 7.00. The largest absolute Gasteiger partial charge is 0.459 e. The first-order valence-electron chi connectivity index (χ1n) is 4.41. The van der Waals surface area contributed by atoms with Crippen LogP contribution in [0, 0.1) is 0 Å². The zero-order chi connectivity index (χ0) is 11.4. The van der Waals surface area contributed by atoms with Gasteiger partial charge in [-0.25, -0.2) is 4.79 Å². The molecule has 5 heteroatoms. The van der Waals surface area contributed by atoms with Crippen molar-refractivity contribution in [1.82, 2.24) is 0 Å². The third-order valence-electron chi connectivity index (χ3n) is 1.67. The standard InChI is InChI=1S/C10H12ClNO3/c1-6(13)5-15-10(14)8-4-7(12)2-3-9(8)11/h2-4,6,13H,5,12H2,1H3. The van der Waals surface area contributed by atoms with Gasteiger partial charge in [0.05, 0.1) is 16.7 Å². The minimum atomic E-state index is -0.700. The number of carbonyl (C=O) groups is 1. The lowest BCUT2D eigenvalue weighted by Gasteiger charge is -2.08. The van der Waals surface area contributed by atoms with E-state index in [0.29, 0.717) is 5.69 Å². The first kappa shape index (κ1) is 11.8. The number of benzene rings is 1. The number of ether oxygens (including phenoxy) is 1. The summed E-state index contributed by atoms with van der Waals surface area (Å²) < 4.78 is 4.80. The van der Waals surface area contributed by atoms with Gasteiger partial charge in [0.1, 0.15) is 6.61 Å². The van der Waals surface area contributed by atoms with Crippen LogP contribution in [0.5, 0.6) is 0 Å². The first-order valence-corrected chi connectivity index (χ1v) is 4.78. The fourth-order valence-corrected chi connectivity index (χ4v) is 1.17. The highest BCUT2D eigenvalue weighted by Gasteiger charge is 2.12. The monoisotopic (exact) mass is 229 g/mol. The van der Waals surface area contributed by atoms with Gasteiger partial charge in [0.2, 0.25) is 0 Å². The molecule has 1 unspecified atom stereocenters. The number of esters is 1. The van der Waals surface area contributed by atoms with Crippen LogP contribution in [0.25, 0.3) is 0 Å². The lowest BCUT2D eigenvalue weighted by Crippen LogP contribution is -2.15. The third kappa shape index (κ3) is 3.42. The summed E-state index contributed by atoms with van der Waals surface area (Å²) >= 11 is 5.79. The van der Waals surface area contributed by atoms with Gasteiger partial charge in [0.25, 0.3) is 0 Å². The number of anilines is 1. The van der Waals surface area contributed by atoms with Crippen molar-refractivity contribution in [2.24, 2.45) is 0 Å². The van der Waals surface area contributed by atoms with Crippen LogP contribution in [-0.2, 0) is 4.74 Å². The van der Waals surface area contributed by atoms with Crippen molar-refractivity contribution >= 4 is 23.3 Å². The van der Waals surface area contributed by atoms with E-state index in [0.717, 1.165) is 0 Å². The van der Waals surface area contributed by atoms with Crippen LogP contribution < -0.4 is 5.73 Å². The van der Waals surface area contributed by atoms with Gasteiger partial charge in [-0.15, -0.1) is 0 Å². The van der Waals surface area contributed by atoms with Gasteiger partial charge in [-0.3, -0.25) is 0 Å². The molecule has 3 N–H and O–H groups in total. The van der Waals surface area contributed by atoms with Gasteiger partial charge in [-0.05, 0) is 25.1 Å². The average molecular weight is 230 g/mol. The second kappa shape index (κ2) is 5.00. The predicted molar refractivity (Wildman–Crippen MR) is 57.8 cm³/mol. The van der Waals surface area contributed by atoms with Crippen LogP contribution in [0.15, 0.2) is 18.2 Å². The Hall–Kier alpha value is -1.26. The molecule has 0 bridgehead atoms. The summed E-state index contributed by atoms with van der Waals surface area (Å²) in [6.07, 6.45) is -0.700. The van der Waals surface area contributed by atoms with Crippen molar-refractivity contribution in [3.63, 3.8) is 0 Å². The minimum Gasteiger partial charge on any atom is -0.459 e. The Labute approximate surface area is 92.6 Å². The van der Waals surface area contributed by atoms with E-state index < -0.39 is 12.1 Å². The summed E-state index contributed by atoms with van der Waals surface area (Å²) in [4.78, 5) is 11.4. The Morgan fingerprint density at radius 2 is 2.33 bits per heavy atom. The van der Waals surface area contributed by atoms with Crippen LogP contribution >= 0.6 is 11.6 Å². The number of rotatable bonds is 3. The highest BCUT2D eigenvalue weighted by atomic mass is 35.5. The Bertz CT molecular complexity index is 366. The smallest absolute Gasteiger partial charge is 0.339 e. The molecule has 0 spiro atoms. The second-order valence-corrected chi connectivity index (χ2v) is 3.59. The van der Waals surface area contributed by atoms with E-state index in [1.165, 1.54) is 19.1 Å². The number of hydrogen-bond donors (Lipinski definition) is 2. The molecule has 0 aliphatic heterocycles. The molecule has 4 nitrogen and oxygen atoms in total. The Balaban J connectivity index is 2.77. The second-order valence-electron chi connectivity index (χ2n) is 3.19. The van der Waals surface area contributed by atoms with E-state index in [1.807, 2.05) is 0 Å². The van der Waals surface area contributed by atoms with Crippen molar-refractivity contribution in [3.05, 3.63) is 28.8 Å². The van der Waals surface area contributed by atoms with E-state index in [-0.39, 0.29) is 17.2 Å². The quantitative estimate of drug-likeness (QED) is 0.608.